The molecule has 0 unspecified atom stereocenters. The van der Waals surface area contributed by atoms with Crippen LogP contribution in [-0.4, -0.2) is 43.7 Å². The van der Waals surface area contributed by atoms with Gasteiger partial charge in [0.2, 0.25) is 11.8 Å². The number of hydrogen-bond acceptors (Lipinski definition) is 8. The number of hydrogen-bond donors (Lipinski definition) is 2. The number of amides is 2. The van der Waals surface area contributed by atoms with E-state index in [1.54, 1.807) is 18.2 Å². The molecule has 186 valence electrons. The van der Waals surface area contributed by atoms with Crippen molar-refractivity contribution in [1.29, 1.82) is 5.26 Å². The predicted octanol–water partition coefficient (Wildman–Crippen LogP) is 3.89. The van der Waals surface area contributed by atoms with Crippen LogP contribution in [0.5, 0.6) is 0 Å². The van der Waals surface area contributed by atoms with Crippen molar-refractivity contribution >= 4 is 64.4 Å². The summed E-state index contributed by atoms with van der Waals surface area (Å²) < 4.78 is 9.49. The Morgan fingerprint density at radius 1 is 1.11 bits per heavy atom. The molecule has 2 aromatic rings. The van der Waals surface area contributed by atoms with Gasteiger partial charge in [0, 0.05) is 5.92 Å². The lowest BCUT2D eigenvalue weighted by atomic mass is 9.78. The first-order chi connectivity index (χ1) is 17.2. The van der Waals surface area contributed by atoms with Crippen LogP contribution in [0.15, 0.2) is 53.1 Å². The van der Waals surface area contributed by atoms with Crippen molar-refractivity contribution in [3.05, 3.63) is 74.2 Å². The quantitative estimate of drug-likeness (QED) is 0.393. The van der Waals surface area contributed by atoms with E-state index in [2.05, 4.69) is 15.4 Å². The van der Waals surface area contributed by atoms with Crippen molar-refractivity contribution in [2.24, 2.45) is 5.92 Å². The van der Waals surface area contributed by atoms with Gasteiger partial charge in [-0.1, -0.05) is 53.2 Å². The molecule has 0 radical (unpaired) electrons. The summed E-state index contributed by atoms with van der Waals surface area (Å²) in [5, 5.41) is 15.7. The molecule has 0 saturated carbocycles. The average molecular weight is 548 g/mol. The van der Waals surface area contributed by atoms with Crippen LogP contribution in [0.25, 0.3) is 0 Å². The lowest BCUT2D eigenvalue weighted by molar-refractivity contribution is -0.150. The summed E-state index contributed by atoms with van der Waals surface area (Å²) in [6.45, 7) is 0. The highest BCUT2D eigenvalue weighted by molar-refractivity contribution is 8.03. The van der Waals surface area contributed by atoms with Crippen molar-refractivity contribution < 1.29 is 28.7 Å². The van der Waals surface area contributed by atoms with E-state index in [0.717, 1.165) is 18.9 Å². The van der Waals surface area contributed by atoms with Crippen LogP contribution in [0.2, 0.25) is 10.0 Å². The van der Waals surface area contributed by atoms with Crippen LogP contribution in [0.4, 0.5) is 5.69 Å². The molecule has 0 aliphatic carbocycles. The minimum atomic E-state index is -1.35. The first kappa shape index (κ1) is 27.1. The fraction of sp³-hybridized carbons (Fsp3) is 0.208. The molecule has 2 atom stereocenters. The van der Waals surface area contributed by atoms with Crippen LogP contribution >= 0.6 is 35.0 Å². The Kier molecular flexibility index (Phi) is 8.98. The molecular formula is C24H19Cl2N3O6S. The molecule has 1 aliphatic rings. The van der Waals surface area contributed by atoms with Gasteiger partial charge < -0.3 is 20.1 Å². The van der Waals surface area contributed by atoms with Gasteiger partial charge in [-0.15, -0.1) is 0 Å². The number of nitrogens with one attached hydrogen (secondary N) is 2. The summed E-state index contributed by atoms with van der Waals surface area (Å²) in [5.74, 6) is -5.08. The van der Waals surface area contributed by atoms with E-state index in [-0.39, 0.29) is 32.0 Å². The first-order valence-electron chi connectivity index (χ1n) is 10.3. The van der Waals surface area contributed by atoms with Gasteiger partial charge in [0.25, 0.3) is 0 Å². The van der Waals surface area contributed by atoms with E-state index in [4.69, 9.17) is 27.9 Å². The number of allylic oxidation sites excluding steroid dienone is 1. The van der Waals surface area contributed by atoms with E-state index in [1.807, 2.05) is 6.07 Å². The molecule has 0 aromatic heterocycles. The molecule has 36 heavy (non-hydrogen) atoms. The van der Waals surface area contributed by atoms with Crippen molar-refractivity contribution in [1.82, 2.24) is 5.32 Å². The lowest BCUT2D eigenvalue weighted by Gasteiger charge is -2.31. The van der Waals surface area contributed by atoms with Gasteiger partial charge >= 0.3 is 11.9 Å². The van der Waals surface area contributed by atoms with E-state index >= 15 is 0 Å². The van der Waals surface area contributed by atoms with Gasteiger partial charge in [0.05, 0.1) is 57.9 Å². The van der Waals surface area contributed by atoms with Gasteiger partial charge in [-0.2, -0.15) is 5.26 Å². The number of rotatable bonds is 7. The predicted molar refractivity (Wildman–Crippen MR) is 134 cm³/mol. The Morgan fingerprint density at radius 3 is 2.42 bits per heavy atom. The largest absolute Gasteiger partial charge is 0.468 e. The molecular weight excluding hydrogens is 529 g/mol. The molecule has 0 bridgehead atoms. The third-order valence-electron chi connectivity index (χ3n) is 5.25. The van der Waals surface area contributed by atoms with Crippen LogP contribution in [0.1, 0.15) is 21.8 Å². The second-order valence-corrected chi connectivity index (χ2v) is 9.14. The molecule has 0 saturated heterocycles. The lowest BCUT2D eigenvalue weighted by Crippen LogP contribution is -2.44. The van der Waals surface area contributed by atoms with Crippen LogP contribution in [-0.2, 0) is 23.9 Å². The maximum Gasteiger partial charge on any atom is 0.337 e. The Morgan fingerprint density at radius 2 is 1.81 bits per heavy atom. The highest BCUT2D eigenvalue weighted by Crippen LogP contribution is 2.40. The Labute approximate surface area is 220 Å². The second kappa shape index (κ2) is 11.9. The van der Waals surface area contributed by atoms with Crippen molar-refractivity contribution in [3.8, 4) is 6.07 Å². The first-order valence-corrected chi connectivity index (χ1v) is 12.0. The summed E-state index contributed by atoms with van der Waals surface area (Å²) in [6, 6.07) is 12.8. The highest BCUT2D eigenvalue weighted by atomic mass is 35.5. The van der Waals surface area contributed by atoms with Gasteiger partial charge in [0.15, 0.2) is 0 Å². The van der Waals surface area contributed by atoms with Crippen molar-refractivity contribution in [3.63, 3.8) is 0 Å². The zero-order valence-corrected chi connectivity index (χ0v) is 21.3. The summed E-state index contributed by atoms with van der Waals surface area (Å²) in [5.41, 5.74) is 1.06. The zero-order valence-electron chi connectivity index (χ0n) is 19.0. The number of ether oxygens (including phenoxy) is 2. The topological polar surface area (TPSA) is 135 Å². The monoisotopic (exact) mass is 547 g/mol. The summed E-state index contributed by atoms with van der Waals surface area (Å²) >= 11 is 13.0. The average Bonchev–Trinajstić information content (AvgIpc) is 2.88. The minimum Gasteiger partial charge on any atom is -0.468 e. The van der Waals surface area contributed by atoms with E-state index < -0.39 is 35.6 Å². The fourth-order valence-corrected chi connectivity index (χ4v) is 4.74. The summed E-state index contributed by atoms with van der Waals surface area (Å²) in [6.07, 6.45) is 0. The van der Waals surface area contributed by atoms with Crippen molar-refractivity contribution in [2.75, 3.05) is 25.3 Å². The third kappa shape index (κ3) is 5.82. The number of methoxy groups -OCH3 is 2. The van der Waals surface area contributed by atoms with Crippen LogP contribution < -0.4 is 10.6 Å². The molecule has 2 N–H and O–H groups in total. The van der Waals surface area contributed by atoms with Gasteiger partial charge in [-0.3, -0.25) is 14.4 Å². The molecule has 2 aromatic carbocycles. The SMILES string of the molecule is COC(=O)c1ccc([C@@H]2C(C#N)=C(SCC(=O)Nc3cccc(Cl)c3Cl)NC(=O)[C@@H]2C(=O)OC)cc1. The van der Waals surface area contributed by atoms with Crippen LogP contribution in [0, 0.1) is 17.2 Å². The van der Waals surface area contributed by atoms with Gasteiger partial charge in [-0.25, -0.2) is 4.79 Å². The Bertz CT molecular complexity index is 1290. The zero-order chi connectivity index (χ0) is 26.4. The third-order valence-corrected chi connectivity index (χ3v) is 7.08. The summed E-state index contributed by atoms with van der Waals surface area (Å²) in [7, 11) is 2.38. The molecule has 1 heterocycles. The Hall–Kier alpha value is -3.52. The van der Waals surface area contributed by atoms with E-state index in [0.29, 0.717) is 11.3 Å². The number of esters is 2. The molecule has 0 fully saturated rings. The highest BCUT2D eigenvalue weighted by Gasteiger charge is 2.44. The molecule has 3 rings (SSSR count). The maximum atomic E-state index is 12.9. The number of anilines is 1. The normalized spacial score (nSPS) is 17.0. The molecule has 0 spiro atoms. The fourth-order valence-electron chi connectivity index (χ4n) is 3.55. The Balaban J connectivity index is 1.92. The minimum absolute atomic E-state index is 0.0643. The number of carbonyl (C=O) groups excluding carboxylic acids is 4. The maximum absolute atomic E-state index is 12.9. The smallest absolute Gasteiger partial charge is 0.337 e. The molecule has 12 heteroatoms. The number of carbonyl (C=O) groups is 4. The standard InChI is InChI=1S/C24H19Cl2N3O6S/c1-34-23(32)13-8-6-12(7-9-13)18-14(10-27)22(29-21(31)19(18)24(33)35-2)36-11-17(30)28-16-5-3-4-15(25)20(16)26/h3-9,18-19H,11H2,1-2H3,(H,28,30)(H,29,31)/t18-,19-/m1/s1. The molecule has 9 nitrogen and oxygen atoms in total. The van der Waals surface area contributed by atoms with Gasteiger partial charge in [0.1, 0.15) is 5.92 Å². The molecule has 2 amide bonds. The van der Waals surface area contributed by atoms with Crippen LogP contribution in [0.3, 0.4) is 0 Å². The van der Waals surface area contributed by atoms with E-state index in [1.165, 1.54) is 31.4 Å². The summed E-state index contributed by atoms with van der Waals surface area (Å²) in [4.78, 5) is 49.7. The second-order valence-electron chi connectivity index (χ2n) is 7.37. The van der Waals surface area contributed by atoms with Crippen molar-refractivity contribution in [2.45, 2.75) is 5.92 Å². The van der Waals surface area contributed by atoms with Gasteiger partial charge in [-0.05, 0) is 29.8 Å². The molecule has 1 aliphatic heterocycles. The number of benzene rings is 2. The number of nitrogens with zero attached hydrogens (tertiary/aromatic N) is 1. The number of nitriles is 1. The van der Waals surface area contributed by atoms with E-state index in [9.17, 15) is 24.4 Å². The number of halogens is 2. The number of thioether (sulfide) groups is 1.